The van der Waals surface area contributed by atoms with Gasteiger partial charge < -0.3 is 4.90 Å². The van der Waals surface area contributed by atoms with Gasteiger partial charge in [0.05, 0.1) is 11.4 Å². The van der Waals surface area contributed by atoms with Gasteiger partial charge in [0, 0.05) is 43.6 Å². The number of rotatable bonds is 4. The zero-order valence-electron chi connectivity index (χ0n) is 15.2. The Labute approximate surface area is 150 Å². The van der Waals surface area contributed by atoms with Crippen LogP contribution in [0.2, 0.25) is 0 Å². The molecule has 0 spiro atoms. The Morgan fingerprint density at radius 1 is 1.00 bits per heavy atom. The van der Waals surface area contributed by atoms with Gasteiger partial charge in [-0.05, 0) is 57.3 Å². The van der Waals surface area contributed by atoms with Crippen molar-refractivity contribution in [2.24, 2.45) is 0 Å². The number of hydrogen-bond acceptors (Lipinski definition) is 4. The summed E-state index contributed by atoms with van der Waals surface area (Å²) in [7, 11) is 0. The number of para-hydroxylation sites is 1. The first-order valence-electron chi connectivity index (χ1n) is 9.63. The molecule has 2 aliphatic heterocycles. The highest BCUT2D eigenvalue weighted by molar-refractivity contribution is 5.54. The number of nitrogens with zero attached hydrogens (tertiary/aromatic N) is 4. The van der Waals surface area contributed by atoms with E-state index in [-0.39, 0.29) is 0 Å². The highest BCUT2D eigenvalue weighted by Crippen LogP contribution is 2.30. The molecule has 25 heavy (non-hydrogen) atoms. The molecule has 0 radical (unpaired) electrons. The summed E-state index contributed by atoms with van der Waals surface area (Å²) in [5.74, 6) is 0.567. The van der Waals surface area contributed by atoms with Gasteiger partial charge in [0.2, 0.25) is 0 Å². The lowest BCUT2D eigenvalue weighted by molar-refractivity contribution is 0.203. The molecule has 132 valence electrons. The van der Waals surface area contributed by atoms with Gasteiger partial charge in [0.25, 0.3) is 0 Å². The minimum atomic E-state index is 0.567. The fourth-order valence-electron chi connectivity index (χ4n) is 4.22. The highest BCUT2D eigenvalue weighted by Gasteiger charge is 2.23. The minimum Gasteiger partial charge on any atom is -0.371 e. The van der Waals surface area contributed by atoms with E-state index < -0.39 is 0 Å². The van der Waals surface area contributed by atoms with Gasteiger partial charge in [-0.2, -0.15) is 0 Å². The molecule has 0 N–H and O–H groups in total. The first kappa shape index (κ1) is 16.5. The molecular formula is C21H28N4. The molecule has 0 atom stereocenters. The van der Waals surface area contributed by atoms with E-state index in [9.17, 15) is 0 Å². The number of piperidine rings is 1. The van der Waals surface area contributed by atoms with Crippen LogP contribution in [-0.2, 0) is 6.54 Å². The lowest BCUT2D eigenvalue weighted by Gasteiger charge is -2.33. The van der Waals surface area contributed by atoms with Crippen LogP contribution in [0.3, 0.4) is 0 Å². The minimum absolute atomic E-state index is 0.567. The van der Waals surface area contributed by atoms with Crippen molar-refractivity contribution >= 4 is 5.69 Å². The Hall–Kier alpha value is -1.94. The van der Waals surface area contributed by atoms with Gasteiger partial charge in [0.1, 0.15) is 0 Å². The molecule has 0 unspecified atom stereocenters. The van der Waals surface area contributed by atoms with Crippen LogP contribution in [0.4, 0.5) is 5.69 Å². The summed E-state index contributed by atoms with van der Waals surface area (Å²) in [6.45, 7) is 7.82. The van der Waals surface area contributed by atoms with Crippen molar-refractivity contribution in [1.82, 2.24) is 14.9 Å². The van der Waals surface area contributed by atoms with Crippen molar-refractivity contribution in [3.05, 3.63) is 53.6 Å². The summed E-state index contributed by atoms with van der Waals surface area (Å²) >= 11 is 0. The molecule has 0 amide bonds. The zero-order chi connectivity index (χ0) is 17.1. The molecule has 0 saturated carbocycles. The van der Waals surface area contributed by atoms with Gasteiger partial charge in [0.15, 0.2) is 0 Å². The quantitative estimate of drug-likeness (QED) is 0.851. The van der Waals surface area contributed by atoms with Crippen LogP contribution < -0.4 is 4.90 Å². The molecule has 2 aliphatic rings. The average Bonchev–Trinajstić information content (AvgIpc) is 3.17. The van der Waals surface area contributed by atoms with Crippen molar-refractivity contribution in [3.8, 4) is 0 Å². The van der Waals surface area contributed by atoms with Crippen LogP contribution in [0.15, 0.2) is 36.7 Å². The van der Waals surface area contributed by atoms with Gasteiger partial charge in [-0.3, -0.25) is 14.9 Å². The fraction of sp³-hybridized carbons (Fsp3) is 0.524. The molecule has 1 aromatic carbocycles. The van der Waals surface area contributed by atoms with E-state index in [4.69, 9.17) is 0 Å². The van der Waals surface area contributed by atoms with Gasteiger partial charge in [-0.15, -0.1) is 0 Å². The third-order valence-electron chi connectivity index (χ3n) is 5.61. The Morgan fingerprint density at radius 3 is 2.52 bits per heavy atom. The van der Waals surface area contributed by atoms with Crippen molar-refractivity contribution in [2.75, 3.05) is 31.1 Å². The normalized spacial score (nSPS) is 19.5. The number of aromatic nitrogens is 2. The molecule has 2 saturated heterocycles. The van der Waals surface area contributed by atoms with E-state index in [0.29, 0.717) is 5.92 Å². The maximum atomic E-state index is 4.68. The van der Waals surface area contributed by atoms with Crippen LogP contribution in [-0.4, -0.2) is 41.0 Å². The number of aryl methyl sites for hydroxylation is 1. The Bertz CT molecular complexity index is 701. The summed E-state index contributed by atoms with van der Waals surface area (Å²) < 4.78 is 0. The summed E-state index contributed by atoms with van der Waals surface area (Å²) in [6.07, 6.45) is 8.83. The predicted octanol–water partition coefficient (Wildman–Crippen LogP) is 3.76. The molecule has 3 heterocycles. The topological polar surface area (TPSA) is 32.3 Å². The van der Waals surface area contributed by atoms with Crippen molar-refractivity contribution in [1.29, 1.82) is 0 Å². The number of benzene rings is 1. The van der Waals surface area contributed by atoms with Crippen molar-refractivity contribution < 1.29 is 0 Å². The highest BCUT2D eigenvalue weighted by atomic mass is 15.2. The maximum Gasteiger partial charge on any atom is 0.0621 e. The second-order valence-corrected chi connectivity index (χ2v) is 7.46. The monoisotopic (exact) mass is 336 g/mol. The van der Waals surface area contributed by atoms with E-state index in [0.717, 1.165) is 25.3 Å². The van der Waals surface area contributed by atoms with Gasteiger partial charge in [-0.1, -0.05) is 18.2 Å². The molecule has 1 aromatic heterocycles. The third-order valence-corrected chi connectivity index (χ3v) is 5.61. The molecule has 4 heteroatoms. The summed E-state index contributed by atoms with van der Waals surface area (Å²) in [6, 6.07) is 8.98. The predicted molar refractivity (Wildman–Crippen MR) is 102 cm³/mol. The number of likely N-dealkylation sites (tertiary alicyclic amines) is 1. The molecule has 4 rings (SSSR count). The lowest BCUT2D eigenvalue weighted by atomic mass is 9.93. The molecular weight excluding hydrogens is 308 g/mol. The standard InChI is InChI=1S/C21H28N4/c1-17-14-22-15-20(23-17)18-8-12-24(13-9-18)16-19-6-2-3-7-21(19)25-10-4-5-11-25/h2-3,6-7,14-15,18H,4-5,8-13,16H2,1H3. The van der Waals surface area contributed by atoms with E-state index in [1.807, 2.05) is 19.3 Å². The number of hydrogen-bond donors (Lipinski definition) is 0. The van der Waals surface area contributed by atoms with Gasteiger partial charge in [-0.25, -0.2) is 0 Å². The first-order chi connectivity index (χ1) is 12.3. The molecule has 2 aromatic rings. The Kier molecular flexibility index (Phi) is 4.97. The van der Waals surface area contributed by atoms with Crippen LogP contribution in [0.5, 0.6) is 0 Å². The summed E-state index contributed by atoms with van der Waals surface area (Å²) in [5.41, 5.74) is 5.14. The average molecular weight is 336 g/mol. The number of anilines is 1. The van der Waals surface area contributed by atoms with Crippen LogP contribution >= 0.6 is 0 Å². The lowest BCUT2D eigenvalue weighted by Crippen LogP contribution is -2.33. The second kappa shape index (κ2) is 7.52. The SMILES string of the molecule is Cc1cncc(C2CCN(Cc3ccccc3N3CCCC3)CC2)n1. The summed E-state index contributed by atoms with van der Waals surface area (Å²) in [5, 5.41) is 0. The Morgan fingerprint density at radius 2 is 1.76 bits per heavy atom. The molecule has 2 fully saturated rings. The van der Waals surface area contributed by atoms with Crippen molar-refractivity contribution in [2.45, 2.75) is 45.1 Å². The molecule has 4 nitrogen and oxygen atoms in total. The van der Waals surface area contributed by atoms with Crippen molar-refractivity contribution in [3.63, 3.8) is 0 Å². The molecule has 0 aliphatic carbocycles. The Balaban J connectivity index is 1.39. The fourth-order valence-corrected chi connectivity index (χ4v) is 4.22. The largest absolute Gasteiger partial charge is 0.371 e. The third kappa shape index (κ3) is 3.84. The van der Waals surface area contributed by atoms with Crippen LogP contribution in [0, 0.1) is 6.92 Å². The zero-order valence-corrected chi connectivity index (χ0v) is 15.2. The second-order valence-electron chi connectivity index (χ2n) is 7.46. The van der Waals surface area contributed by atoms with Crippen LogP contribution in [0.1, 0.15) is 48.6 Å². The summed E-state index contributed by atoms with van der Waals surface area (Å²) in [4.78, 5) is 14.2. The maximum absolute atomic E-state index is 4.68. The van der Waals surface area contributed by atoms with E-state index in [2.05, 4.69) is 44.0 Å². The smallest absolute Gasteiger partial charge is 0.0621 e. The van der Waals surface area contributed by atoms with E-state index in [1.165, 1.54) is 55.7 Å². The molecule has 0 bridgehead atoms. The van der Waals surface area contributed by atoms with E-state index in [1.54, 1.807) is 0 Å². The van der Waals surface area contributed by atoms with Gasteiger partial charge >= 0.3 is 0 Å². The van der Waals surface area contributed by atoms with E-state index >= 15 is 0 Å². The van der Waals surface area contributed by atoms with Crippen LogP contribution in [0.25, 0.3) is 0 Å². The first-order valence-corrected chi connectivity index (χ1v) is 9.63.